The topological polar surface area (TPSA) is 29.1 Å². The molecule has 19 heavy (non-hydrogen) atoms. The van der Waals surface area contributed by atoms with Crippen molar-refractivity contribution < 1.29 is 4.79 Å². The van der Waals surface area contributed by atoms with E-state index in [2.05, 4.69) is 35.8 Å². The van der Waals surface area contributed by atoms with Crippen LogP contribution in [0.25, 0.3) is 0 Å². The smallest absolute Gasteiger partial charge is 0.225 e. The van der Waals surface area contributed by atoms with E-state index in [1.54, 1.807) is 23.1 Å². The van der Waals surface area contributed by atoms with E-state index < -0.39 is 0 Å². The first-order valence-corrected chi connectivity index (χ1v) is 8.25. The summed E-state index contributed by atoms with van der Waals surface area (Å²) < 4.78 is 0. The summed E-state index contributed by atoms with van der Waals surface area (Å²) >= 11 is 3.34. The second-order valence-electron chi connectivity index (χ2n) is 4.32. The summed E-state index contributed by atoms with van der Waals surface area (Å²) in [6.45, 7) is 2.01. The molecule has 0 saturated carbocycles. The number of thiophene rings is 1. The van der Waals surface area contributed by atoms with Crippen molar-refractivity contribution in [3.05, 3.63) is 52.2 Å². The molecule has 2 nitrogen and oxygen atoms in total. The highest BCUT2D eigenvalue weighted by molar-refractivity contribution is 7.98. The van der Waals surface area contributed by atoms with Crippen LogP contribution in [0.4, 0.5) is 0 Å². The maximum absolute atomic E-state index is 11.9. The Labute approximate surface area is 122 Å². The van der Waals surface area contributed by atoms with Gasteiger partial charge in [0.05, 0.1) is 12.5 Å². The summed E-state index contributed by atoms with van der Waals surface area (Å²) in [6, 6.07) is 12.3. The number of carbonyl (C=O) groups is 1. The molecule has 0 fully saturated rings. The maximum atomic E-state index is 11.9. The summed E-state index contributed by atoms with van der Waals surface area (Å²) in [5.74, 6) is 0.0730. The molecule has 0 unspecified atom stereocenters. The van der Waals surface area contributed by atoms with Crippen molar-refractivity contribution in [3.8, 4) is 0 Å². The Morgan fingerprint density at radius 3 is 2.63 bits per heavy atom. The normalized spacial score (nSPS) is 12.1. The second-order valence-corrected chi connectivity index (χ2v) is 6.23. The van der Waals surface area contributed by atoms with Crippen LogP contribution in [0.5, 0.6) is 0 Å². The highest BCUT2D eigenvalue weighted by Gasteiger charge is 2.10. The van der Waals surface area contributed by atoms with Crippen molar-refractivity contribution in [3.63, 3.8) is 0 Å². The van der Waals surface area contributed by atoms with Gasteiger partial charge in [-0.15, -0.1) is 23.1 Å². The van der Waals surface area contributed by atoms with Crippen molar-refractivity contribution in [2.75, 3.05) is 6.26 Å². The van der Waals surface area contributed by atoms with Crippen LogP contribution in [-0.2, 0) is 11.2 Å². The minimum absolute atomic E-state index is 0.0448. The third-order valence-electron chi connectivity index (χ3n) is 2.91. The zero-order valence-corrected chi connectivity index (χ0v) is 12.7. The number of rotatable bonds is 5. The van der Waals surface area contributed by atoms with Gasteiger partial charge in [-0.25, -0.2) is 0 Å². The summed E-state index contributed by atoms with van der Waals surface area (Å²) in [6.07, 6.45) is 2.52. The zero-order chi connectivity index (χ0) is 13.7. The fourth-order valence-electron chi connectivity index (χ4n) is 1.84. The molecule has 0 radical (unpaired) electrons. The highest BCUT2D eigenvalue weighted by Crippen LogP contribution is 2.19. The third-order valence-corrected chi connectivity index (χ3v) is 4.53. The van der Waals surface area contributed by atoms with Gasteiger partial charge >= 0.3 is 0 Å². The lowest BCUT2D eigenvalue weighted by atomic mass is 10.1. The first-order chi connectivity index (χ1) is 9.19. The van der Waals surface area contributed by atoms with Crippen molar-refractivity contribution in [2.24, 2.45) is 0 Å². The Kier molecular flexibility index (Phi) is 5.05. The molecule has 0 bridgehead atoms. The average molecular weight is 291 g/mol. The van der Waals surface area contributed by atoms with E-state index in [-0.39, 0.29) is 11.9 Å². The molecule has 0 spiro atoms. The number of hydrogen-bond donors (Lipinski definition) is 1. The molecular weight excluding hydrogens is 274 g/mol. The molecule has 1 aromatic heterocycles. The van der Waals surface area contributed by atoms with E-state index in [0.717, 1.165) is 10.4 Å². The molecule has 0 aliphatic rings. The van der Waals surface area contributed by atoms with Gasteiger partial charge < -0.3 is 5.32 Å². The van der Waals surface area contributed by atoms with Gasteiger partial charge in [-0.3, -0.25) is 4.79 Å². The van der Waals surface area contributed by atoms with Crippen LogP contribution in [0.15, 0.2) is 46.7 Å². The van der Waals surface area contributed by atoms with Gasteiger partial charge in [-0.1, -0.05) is 18.2 Å². The van der Waals surface area contributed by atoms with E-state index in [0.29, 0.717) is 6.42 Å². The minimum Gasteiger partial charge on any atom is -0.349 e. The molecule has 1 atom stereocenters. The fraction of sp³-hybridized carbons (Fsp3) is 0.267. The summed E-state index contributed by atoms with van der Waals surface area (Å²) in [4.78, 5) is 14.2. The van der Waals surface area contributed by atoms with Crippen LogP contribution in [0.1, 0.15) is 23.4 Å². The Morgan fingerprint density at radius 1 is 1.32 bits per heavy atom. The second kappa shape index (κ2) is 6.78. The molecule has 2 rings (SSSR count). The van der Waals surface area contributed by atoms with Gasteiger partial charge in [0.25, 0.3) is 0 Å². The van der Waals surface area contributed by atoms with Crippen molar-refractivity contribution in [1.29, 1.82) is 0 Å². The van der Waals surface area contributed by atoms with E-state index in [4.69, 9.17) is 0 Å². The van der Waals surface area contributed by atoms with Gasteiger partial charge in [-0.2, -0.15) is 0 Å². The molecule has 100 valence electrons. The van der Waals surface area contributed by atoms with E-state index in [1.165, 1.54) is 4.90 Å². The summed E-state index contributed by atoms with van der Waals surface area (Å²) in [5, 5.41) is 5.03. The van der Waals surface area contributed by atoms with Crippen LogP contribution in [0, 0.1) is 0 Å². The van der Waals surface area contributed by atoms with Crippen LogP contribution >= 0.6 is 23.1 Å². The Balaban J connectivity index is 1.92. The van der Waals surface area contributed by atoms with Gasteiger partial charge in [0, 0.05) is 9.77 Å². The number of hydrogen-bond acceptors (Lipinski definition) is 3. The first kappa shape index (κ1) is 14.2. The Bertz CT molecular complexity index is 520. The highest BCUT2D eigenvalue weighted by atomic mass is 32.2. The molecule has 4 heteroatoms. The lowest BCUT2D eigenvalue weighted by Crippen LogP contribution is -2.27. The third kappa shape index (κ3) is 4.11. The summed E-state index contributed by atoms with van der Waals surface area (Å²) in [5.41, 5.74) is 1.14. The monoisotopic (exact) mass is 291 g/mol. The molecule has 0 aliphatic carbocycles. The van der Waals surface area contributed by atoms with E-state index in [9.17, 15) is 4.79 Å². The molecule has 1 aromatic carbocycles. The van der Waals surface area contributed by atoms with E-state index in [1.807, 2.05) is 24.4 Å². The van der Waals surface area contributed by atoms with Crippen LogP contribution < -0.4 is 5.32 Å². The van der Waals surface area contributed by atoms with Crippen molar-refractivity contribution in [2.45, 2.75) is 24.3 Å². The van der Waals surface area contributed by atoms with Crippen LogP contribution in [0.2, 0.25) is 0 Å². The molecule has 1 amide bonds. The SMILES string of the molecule is CSc1ccc([C@@H](C)NC(=O)Cc2cccs2)cc1. The molecular formula is C15H17NOS2. The standard InChI is InChI=1S/C15H17NOS2/c1-11(12-5-7-13(18-2)8-6-12)16-15(17)10-14-4-3-9-19-14/h3-9,11H,10H2,1-2H3,(H,16,17)/t11-/m1/s1. The van der Waals surface area contributed by atoms with Gasteiger partial charge in [0.2, 0.25) is 5.91 Å². The number of amides is 1. The molecule has 0 saturated heterocycles. The van der Waals surface area contributed by atoms with Crippen molar-refractivity contribution >= 4 is 29.0 Å². The predicted octanol–water partition coefficient (Wildman–Crippen LogP) is 3.89. The number of carbonyl (C=O) groups excluding carboxylic acids is 1. The van der Waals surface area contributed by atoms with Crippen molar-refractivity contribution in [1.82, 2.24) is 5.32 Å². The predicted molar refractivity (Wildman–Crippen MR) is 82.8 cm³/mol. The minimum atomic E-state index is 0.0448. The molecule has 0 aliphatic heterocycles. The van der Waals surface area contributed by atoms with Gasteiger partial charge in [0.15, 0.2) is 0 Å². The maximum Gasteiger partial charge on any atom is 0.225 e. The number of thioether (sulfide) groups is 1. The quantitative estimate of drug-likeness (QED) is 0.847. The number of benzene rings is 1. The summed E-state index contributed by atoms with van der Waals surface area (Å²) in [7, 11) is 0. The van der Waals surface area contributed by atoms with Crippen LogP contribution in [0.3, 0.4) is 0 Å². The van der Waals surface area contributed by atoms with E-state index >= 15 is 0 Å². The largest absolute Gasteiger partial charge is 0.349 e. The fourth-order valence-corrected chi connectivity index (χ4v) is 2.95. The first-order valence-electron chi connectivity index (χ1n) is 6.14. The number of nitrogens with one attached hydrogen (secondary N) is 1. The lowest BCUT2D eigenvalue weighted by molar-refractivity contribution is -0.121. The lowest BCUT2D eigenvalue weighted by Gasteiger charge is -2.14. The molecule has 2 aromatic rings. The Morgan fingerprint density at radius 2 is 2.05 bits per heavy atom. The van der Waals surface area contributed by atoms with Gasteiger partial charge in [0.1, 0.15) is 0 Å². The zero-order valence-electron chi connectivity index (χ0n) is 11.1. The van der Waals surface area contributed by atoms with Crippen LogP contribution in [-0.4, -0.2) is 12.2 Å². The molecule has 1 N–H and O–H groups in total. The average Bonchev–Trinajstić information content (AvgIpc) is 2.91. The molecule has 1 heterocycles. The van der Waals surface area contributed by atoms with Gasteiger partial charge in [-0.05, 0) is 42.3 Å². The Hall–Kier alpha value is -1.26.